The van der Waals surface area contributed by atoms with Gasteiger partial charge in [-0.1, -0.05) is 18.6 Å². The Balaban J connectivity index is 0.00000289. The fourth-order valence-electron chi connectivity index (χ4n) is 4.69. The summed E-state index contributed by atoms with van der Waals surface area (Å²) in [5.41, 5.74) is 4.41. The lowest BCUT2D eigenvalue weighted by Gasteiger charge is -2.36. The number of amidine groups is 1. The van der Waals surface area contributed by atoms with E-state index in [9.17, 15) is 8.78 Å². The topological polar surface area (TPSA) is 51.9 Å². The molecule has 2 aromatic carbocycles. The molecular formula is C27H30F2N4O2. The lowest BCUT2D eigenvalue weighted by atomic mass is 9.95. The fraction of sp³-hybridized carbons (Fsp3) is 0.333. The molecule has 1 atom stereocenters. The molecule has 2 aliphatic heterocycles. The third kappa shape index (κ3) is 5.06. The molecule has 0 aliphatic carbocycles. The van der Waals surface area contributed by atoms with Crippen LogP contribution in [0.5, 0.6) is 5.75 Å². The Morgan fingerprint density at radius 2 is 1.94 bits per heavy atom. The minimum atomic E-state index is -0.577. The van der Waals surface area contributed by atoms with Crippen molar-refractivity contribution in [3.8, 4) is 11.4 Å². The largest absolute Gasteiger partial charge is 0.495 e. The smallest absolute Gasteiger partial charge is 0.171 e. The average Bonchev–Trinajstić information content (AvgIpc) is 3.12. The van der Waals surface area contributed by atoms with Crippen molar-refractivity contribution in [3.05, 3.63) is 83.0 Å². The van der Waals surface area contributed by atoms with Crippen molar-refractivity contribution in [3.63, 3.8) is 0 Å². The molecule has 184 valence electrons. The molecule has 0 saturated carbocycles. The van der Waals surface area contributed by atoms with Crippen LogP contribution in [0, 0.1) is 18.6 Å². The van der Waals surface area contributed by atoms with Crippen LogP contribution in [-0.4, -0.2) is 40.5 Å². The highest BCUT2D eigenvalue weighted by Crippen LogP contribution is 2.35. The SMILES string of the molecule is C.COc1cc(/C=C2\CCCN3C2=NOCC[C@H]3c2cc(F)cc(F)c2)ccc1-n1cnc(C)c1. The van der Waals surface area contributed by atoms with E-state index in [1.165, 1.54) is 12.1 Å². The number of aromatic nitrogens is 2. The first-order chi connectivity index (χ1) is 16.5. The van der Waals surface area contributed by atoms with Gasteiger partial charge < -0.3 is 19.0 Å². The monoisotopic (exact) mass is 480 g/mol. The number of fused-ring (bicyclic) bond motifs is 1. The van der Waals surface area contributed by atoms with E-state index in [4.69, 9.17) is 9.57 Å². The first kappa shape index (κ1) is 24.4. The minimum absolute atomic E-state index is 0. The van der Waals surface area contributed by atoms with Gasteiger partial charge in [0.05, 0.1) is 30.9 Å². The summed E-state index contributed by atoms with van der Waals surface area (Å²) in [7, 11) is 1.65. The zero-order chi connectivity index (χ0) is 23.7. The van der Waals surface area contributed by atoms with E-state index in [2.05, 4.69) is 21.1 Å². The number of nitrogens with zero attached hydrogens (tertiary/aromatic N) is 4. The molecule has 1 saturated heterocycles. The maximum Gasteiger partial charge on any atom is 0.171 e. The van der Waals surface area contributed by atoms with E-state index in [0.717, 1.165) is 53.7 Å². The zero-order valence-electron chi connectivity index (χ0n) is 19.2. The van der Waals surface area contributed by atoms with Crippen molar-refractivity contribution in [2.75, 3.05) is 20.3 Å². The van der Waals surface area contributed by atoms with Crippen molar-refractivity contribution in [1.29, 1.82) is 0 Å². The molecule has 0 bridgehead atoms. The molecule has 0 N–H and O–H groups in total. The molecule has 5 rings (SSSR count). The second kappa shape index (κ2) is 10.3. The lowest BCUT2D eigenvalue weighted by Crippen LogP contribution is -2.39. The zero-order valence-corrected chi connectivity index (χ0v) is 19.2. The summed E-state index contributed by atoms with van der Waals surface area (Å²) in [6.07, 6.45) is 8.11. The molecule has 1 fully saturated rings. The molecule has 8 heteroatoms. The summed E-state index contributed by atoms with van der Waals surface area (Å²) in [5, 5.41) is 4.40. The van der Waals surface area contributed by atoms with E-state index >= 15 is 0 Å². The average molecular weight is 481 g/mol. The Morgan fingerprint density at radius 1 is 1.14 bits per heavy atom. The van der Waals surface area contributed by atoms with Crippen LogP contribution < -0.4 is 4.74 Å². The van der Waals surface area contributed by atoms with Gasteiger partial charge in [-0.15, -0.1) is 0 Å². The molecule has 3 aromatic rings. The number of ether oxygens (including phenoxy) is 1. The molecule has 2 aliphatic rings. The van der Waals surface area contributed by atoms with E-state index in [-0.39, 0.29) is 13.5 Å². The van der Waals surface area contributed by atoms with Crippen molar-refractivity contribution in [2.24, 2.45) is 5.16 Å². The van der Waals surface area contributed by atoms with Gasteiger partial charge in [-0.2, -0.15) is 0 Å². The summed E-state index contributed by atoms with van der Waals surface area (Å²) in [6, 6.07) is 9.49. The van der Waals surface area contributed by atoms with Crippen LogP contribution in [0.1, 0.15) is 49.6 Å². The highest BCUT2D eigenvalue weighted by Gasteiger charge is 2.32. The van der Waals surface area contributed by atoms with Gasteiger partial charge >= 0.3 is 0 Å². The Morgan fingerprint density at radius 3 is 2.66 bits per heavy atom. The van der Waals surface area contributed by atoms with Crippen LogP contribution in [-0.2, 0) is 4.84 Å². The first-order valence-corrected chi connectivity index (χ1v) is 11.3. The van der Waals surface area contributed by atoms with Crippen molar-refractivity contribution < 1.29 is 18.4 Å². The van der Waals surface area contributed by atoms with Gasteiger partial charge in [0.1, 0.15) is 24.0 Å². The van der Waals surface area contributed by atoms with Crippen molar-refractivity contribution in [2.45, 2.75) is 39.7 Å². The highest BCUT2D eigenvalue weighted by molar-refractivity contribution is 6.02. The van der Waals surface area contributed by atoms with Gasteiger partial charge in [0, 0.05) is 25.2 Å². The lowest BCUT2D eigenvalue weighted by molar-refractivity contribution is 0.140. The van der Waals surface area contributed by atoms with Crippen LogP contribution in [0.15, 0.2) is 59.7 Å². The number of hydrogen-bond acceptors (Lipinski definition) is 5. The summed E-state index contributed by atoms with van der Waals surface area (Å²) < 4.78 is 35.5. The third-order valence-corrected chi connectivity index (χ3v) is 6.22. The quantitative estimate of drug-likeness (QED) is 0.456. The second-order valence-corrected chi connectivity index (χ2v) is 8.58. The standard InChI is InChI=1S/C26H26F2N4O2.CH4/c1-17-15-31(16-29-17)24-6-5-18(11-25(24)33-2)10-19-4-3-8-32-23(7-9-34-30-26(19)32)20-12-21(27)14-22(28)13-20;/h5-6,10-16,23H,3-4,7-9H2,1-2H3;1H4/b19-10+;/t23-;/m0./s1. The number of methoxy groups -OCH3 is 1. The predicted molar refractivity (Wildman–Crippen MR) is 133 cm³/mol. The molecule has 6 nitrogen and oxygen atoms in total. The summed E-state index contributed by atoms with van der Waals surface area (Å²) in [4.78, 5) is 12.0. The molecule has 3 heterocycles. The first-order valence-electron chi connectivity index (χ1n) is 11.3. The van der Waals surface area contributed by atoms with E-state index < -0.39 is 11.6 Å². The van der Waals surface area contributed by atoms with Crippen LogP contribution in [0.3, 0.4) is 0 Å². The summed E-state index contributed by atoms with van der Waals surface area (Å²) in [6.45, 7) is 3.06. The highest BCUT2D eigenvalue weighted by atomic mass is 19.1. The number of aryl methyl sites for hydroxylation is 1. The molecule has 1 aromatic heterocycles. The second-order valence-electron chi connectivity index (χ2n) is 8.58. The van der Waals surface area contributed by atoms with Crippen LogP contribution in [0.4, 0.5) is 8.78 Å². The molecule has 0 radical (unpaired) electrons. The minimum Gasteiger partial charge on any atom is -0.495 e. The molecular weight excluding hydrogens is 450 g/mol. The predicted octanol–water partition coefficient (Wildman–Crippen LogP) is 6.06. The third-order valence-electron chi connectivity index (χ3n) is 6.22. The number of benzene rings is 2. The Kier molecular flexibility index (Phi) is 7.19. The normalized spacial score (nSPS) is 18.7. The molecule has 0 amide bonds. The van der Waals surface area contributed by atoms with Crippen LogP contribution in [0.25, 0.3) is 11.8 Å². The number of oxime groups is 1. The number of halogens is 2. The van der Waals surface area contributed by atoms with Gasteiger partial charge in [-0.3, -0.25) is 0 Å². The number of piperidine rings is 1. The van der Waals surface area contributed by atoms with Crippen molar-refractivity contribution >= 4 is 11.9 Å². The molecule has 35 heavy (non-hydrogen) atoms. The van der Waals surface area contributed by atoms with E-state index in [1.54, 1.807) is 13.4 Å². The van der Waals surface area contributed by atoms with Crippen LogP contribution >= 0.6 is 0 Å². The Labute approximate surface area is 204 Å². The number of rotatable bonds is 4. The molecule has 0 unspecified atom stereocenters. The molecule has 0 spiro atoms. The van der Waals surface area contributed by atoms with Gasteiger partial charge in [-0.25, -0.2) is 13.8 Å². The maximum absolute atomic E-state index is 14.0. The fourth-order valence-corrected chi connectivity index (χ4v) is 4.69. The van der Waals surface area contributed by atoms with E-state index in [1.807, 2.05) is 35.9 Å². The van der Waals surface area contributed by atoms with Crippen LogP contribution in [0.2, 0.25) is 0 Å². The van der Waals surface area contributed by atoms with Gasteiger partial charge in [0.2, 0.25) is 0 Å². The Hall–Kier alpha value is -3.68. The van der Waals surface area contributed by atoms with Gasteiger partial charge in [0.15, 0.2) is 5.84 Å². The number of imidazole rings is 1. The summed E-state index contributed by atoms with van der Waals surface area (Å²) in [5.74, 6) is 0.289. The van der Waals surface area contributed by atoms with Crippen molar-refractivity contribution in [1.82, 2.24) is 14.5 Å². The van der Waals surface area contributed by atoms with E-state index in [0.29, 0.717) is 24.4 Å². The maximum atomic E-state index is 14.0. The van der Waals surface area contributed by atoms with Gasteiger partial charge in [0.25, 0.3) is 0 Å². The van der Waals surface area contributed by atoms with Gasteiger partial charge in [-0.05, 0) is 66.8 Å². The summed E-state index contributed by atoms with van der Waals surface area (Å²) >= 11 is 0. The number of hydrogen-bond donors (Lipinski definition) is 0. The Bertz CT molecular complexity index is 1250.